The third-order valence-corrected chi connectivity index (χ3v) is 7.10. The second kappa shape index (κ2) is 28.9. The number of rotatable bonds is 10. The van der Waals surface area contributed by atoms with Crippen molar-refractivity contribution in [3.05, 3.63) is 204 Å². The van der Waals surface area contributed by atoms with Gasteiger partial charge in [0.1, 0.15) is 24.7 Å². The molecule has 0 aliphatic rings. The van der Waals surface area contributed by atoms with Crippen molar-refractivity contribution in [2.45, 2.75) is 19.6 Å². The van der Waals surface area contributed by atoms with Crippen molar-refractivity contribution in [2.24, 2.45) is 0 Å². The first-order valence-corrected chi connectivity index (χ1v) is 16.6. The van der Waals surface area contributed by atoms with Crippen LogP contribution in [0.1, 0.15) is 43.0 Å². The van der Waals surface area contributed by atoms with E-state index in [2.05, 4.69) is 28.5 Å². The van der Waals surface area contributed by atoms with Gasteiger partial charge in [0.2, 0.25) is 0 Å². The molecule has 6 aromatic carbocycles. The van der Waals surface area contributed by atoms with Gasteiger partial charge in [0, 0.05) is 65.4 Å². The first-order chi connectivity index (χ1) is 25.8. The zero-order valence-corrected chi connectivity index (χ0v) is 36.6. The maximum atomic E-state index is 11.4. The van der Waals surface area contributed by atoms with Gasteiger partial charge in [-0.25, -0.2) is 9.59 Å². The summed E-state index contributed by atoms with van der Waals surface area (Å²) in [5, 5.41) is 8.95. The van der Waals surface area contributed by atoms with Gasteiger partial charge in [-0.2, -0.15) is 12.5 Å². The Labute approximate surface area is 374 Å². The van der Waals surface area contributed by atoms with Crippen LogP contribution in [0.2, 0.25) is 0 Å². The minimum absolute atomic E-state index is 0. The fourth-order valence-electron chi connectivity index (χ4n) is 4.36. The number of ether oxygens (including phenoxy) is 4. The molecule has 10 heteroatoms. The van der Waals surface area contributed by atoms with Crippen LogP contribution < -0.4 is 9.47 Å². The Morgan fingerprint density at radius 1 is 0.545 bits per heavy atom. The summed E-state index contributed by atoms with van der Waals surface area (Å²) in [6.07, 6.45) is 2.73. The Hall–Kier alpha value is -4.46. The molecule has 0 aliphatic heterocycles. The number of hydrogen-bond donors (Lipinski definition) is 1. The number of methoxy groups -OCH3 is 2. The first-order valence-electron chi connectivity index (χ1n) is 16.6. The van der Waals surface area contributed by atoms with Gasteiger partial charge in [0.25, 0.3) is 0 Å². The third-order valence-electron chi connectivity index (χ3n) is 7.10. The van der Waals surface area contributed by atoms with E-state index in [4.69, 9.17) is 14.6 Å². The van der Waals surface area contributed by atoms with Crippen LogP contribution in [0.15, 0.2) is 164 Å². The topological polar surface area (TPSA) is 108 Å². The SMILES string of the molecule is COC(=O)c1cccc(O)c1.COC(=O)c1cccc(OCc2ccccc2)c1.O=[C-]c1cccc(OCc2ccccc2)c1.[CH2-]Cc1ccccc1.[Y].[Y]. The van der Waals surface area contributed by atoms with E-state index in [0.717, 1.165) is 17.5 Å². The van der Waals surface area contributed by atoms with Gasteiger partial charge in [-0.05, 0) is 53.6 Å². The summed E-state index contributed by atoms with van der Waals surface area (Å²) < 4.78 is 20.3. The summed E-state index contributed by atoms with van der Waals surface area (Å²) in [6.45, 7) is 4.74. The summed E-state index contributed by atoms with van der Waals surface area (Å²) >= 11 is 0. The van der Waals surface area contributed by atoms with E-state index in [0.29, 0.717) is 41.4 Å². The number of phenols is 1. The molecule has 0 amide bonds. The van der Waals surface area contributed by atoms with Gasteiger partial charge in [-0.1, -0.05) is 109 Å². The summed E-state index contributed by atoms with van der Waals surface area (Å²) in [6, 6.07) is 49.9. The third kappa shape index (κ3) is 19.6. The maximum Gasteiger partial charge on any atom is 0.337 e. The number of carbonyl (C=O) groups excluding carboxylic acids is 3. The number of carbonyl (C=O) groups is 2. The summed E-state index contributed by atoms with van der Waals surface area (Å²) in [4.78, 5) is 32.6. The van der Waals surface area contributed by atoms with Gasteiger partial charge in [0.05, 0.1) is 37.4 Å². The van der Waals surface area contributed by atoms with Gasteiger partial charge in [-0.15, -0.1) is 17.7 Å². The fraction of sp³-hybridized carbons (Fsp3) is 0.111. The smallest absolute Gasteiger partial charge is 0.337 e. The zero-order valence-electron chi connectivity index (χ0n) is 30.9. The largest absolute Gasteiger partial charge is 0.508 e. The van der Waals surface area contributed by atoms with Crippen LogP contribution in [-0.2, 0) is 99.3 Å². The van der Waals surface area contributed by atoms with E-state index < -0.39 is 5.97 Å². The Morgan fingerprint density at radius 3 is 1.38 bits per heavy atom. The van der Waals surface area contributed by atoms with Gasteiger partial charge in [-0.3, -0.25) is 0 Å². The minimum Gasteiger partial charge on any atom is -0.508 e. The van der Waals surface area contributed by atoms with Crippen LogP contribution in [0.5, 0.6) is 17.2 Å². The number of phenolic OH excluding ortho intramolecular Hbond substituents is 1. The van der Waals surface area contributed by atoms with Crippen molar-refractivity contribution in [2.75, 3.05) is 14.2 Å². The maximum absolute atomic E-state index is 11.4. The van der Waals surface area contributed by atoms with Crippen molar-refractivity contribution in [3.8, 4) is 17.2 Å². The van der Waals surface area contributed by atoms with Crippen LogP contribution in [0.3, 0.4) is 0 Å². The van der Waals surface area contributed by atoms with E-state index in [1.807, 2.05) is 97.3 Å². The average molecular weight is 889 g/mol. The molecule has 0 aromatic heterocycles. The molecule has 0 spiro atoms. The number of hydrogen-bond acceptors (Lipinski definition) is 8. The Kier molecular flexibility index (Phi) is 25.5. The van der Waals surface area contributed by atoms with Gasteiger partial charge >= 0.3 is 11.9 Å². The fourth-order valence-corrected chi connectivity index (χ4v) is 4.36. The molecule has 8 nitrogen and oxygen atoms in total. The molecule has 0 heterocycles. The monoisotopic (exact) mass is 888 g/mol. The van der Waals surface area contributed by atoms with Crippen LogP contribution in [-0.4, -0.2) is 37.6 Å². The molecule has 0 atom stereocenters. The Morgan fingerprint density at radius 2 is 0.964 bits per heavy atom. The van der Waals surface area contributed by atoms with Crippen molar-refractivity contribution in [1.29, 1.82) is 0 Å². The minimum atomic E-state index is -0.444. The predicted octanol–water partition coefficient (Wildman–Crippen LogP) is 9.01. The van der Waals surface area contributed by atoms with Gasteiger partial charge in [0.15, 0.2) is 0 Å². The van der Waals surface area contributed by atoms with E-state index in [-0.39, 0.29) is 77.1 Å². The summed E-state index contributed by atoms with van der Waals surface area (Å²) in [5.74, 6) is 0.598. The van der Waals surface area contributed by atoms with E-state index in [1.54, 1.807) is 48.5 Å². The molecule has 278 valence electrons. The molecular formula is C45H42O8Y2-2. The molecule has 2 radical (unpaired) electrons. The molecule has 0 saturated carbocycles. The molecule has 6 rings (SSSR count). The van der Waals surface area contributed by atoms with E-state index in [1.165, 1.54) is 31.9 Å². The van der Waals surface area contributed by atoms with Crippen molar-refractivity contribution >= 4 is 18.2 Å². The second-order valence-electron chi connectivity index (χ2n) is 11.0. The van der Waals surface area contributed by atoms with E-state index >= 15 is 0 Å². The normalized spacial score (nSPS) is 9.22. The molecule has 0 saturated heterocycles. The second-order valence-corrected chi connectivity index (χ2v) is 11.0. The standard InChI is InChI=1S/C15H14O3.C14H11O2.C8H8O3.C8H9.2Y/c1-17-15(16)13-8-5-9-14(10-13)18-11-12-6-3-2-4-7-12;15-10-13-7-4-8-14(9-13)16-11-12-5-2-1-3-6-12;1-11-8(10)6-3-2-4-7(9)5-6;1-2-8-6-4-3-5-7-8;;/h2-10H,11H2,1H3;1-9H,11H2;2-5,9H,1H3;3-7H,1-2H2;;/q;-1;;-1;;. The average Bonchev–Trinajstić information content (AvgIpc) is 3.23. The molecule has 0 aliphatic carbocycles. The van der Waals surface area contributed by atoms with Crippen molar-refractivity contribution in [3.63, 3.8) is 0 Å². The quantitative estimate of drug-likeness (QED) is 0.107. The summed E-state index contributed by atoms with van der Waals surface area (Å²) in [7, 11) is 2.66. The van der Waals surface area contributed by atoms with Gasteiger partial charge < -0.3 is 35.8 Å². The molecule has 6 aromatic rings. The summed E-state index contributed by atoms with van der Waals surface area (Å²) in [5.41, 5.74) is 4.83. The molecule has 0 unspecified atom stereocenters. The number of aromatic hydroxyl groups is 1. The molecule has 55 heavy (non-hydrogen) atoms. The number of benzene rings is 6. The predicted molar refractivity (Wildman–Crippen MR) is 206 cm³/mol. The van der Waals surface area contributed by atoms with Crippen molar-refractivity contribution in [1.82, 2.24) is 0 Å². The first kappa shape index (κ1) is 48.6. The molecule has 0 bridgehead atoms. The van der Waals surface area contributed by atoms with Crippen LogP contribution in [0, 0.1) is 6.92 Å². The molecule has 0 fully saturated rings. The van der Waals surface area contributed by atoms with Crippen LogP contribution in [0.4, 0.5) is 0 Å². The van der Waals surface area contributed by atoms with Crippen LogP contribution in [0.25, 0.3) is 0 Å². The Balaban J connectivity index is 0.000000377. The zero-order chi connectivity index (χ0) is 38.1. The molecular weight excluding hydrogens is 846 g/mol. The van der Waals surface area contributed by atoms with E-state index in [9.17, 15) is 14.4 Å². The van der Waals surface area contributed by atoms with Crippen molar-refractivity contribution < 1.29 is 104 Å². The molecule has 1 N–H and O–H groups in total. The Bertz CT molecular complexity index is 1960. The van der Waals surface area contributed by atoms with Crippen LogP contribution >= 0.6 is 0 Å². The number of esters is 2.